The van der Waals surface area contributed by atoms with Crippen molar-refractivity contribution in [2.75, 3.05) is 26.7 Å². The van der Waals surface area contributed by atoms with Crippen LogP contribution in [0.4, 0.5) is 4.39 Å². The first kappa shape index (κ1) is 18.3. The van der Waals surface area contributed by atoms with E-state index in [1.807, 2.05) is 29.2 Å². The minimum atomic E-state index is -0.394. The smallest absolute Gasteiger partial charge is 0.227 e. The van der Waals surface area contributed by atoms with Crippen molar-refractivity contribution < 1.29 is 13.9 Å². The van der Waals surface area contributed by atoms with Crippen molar-refractivity contribution >= 4 is 17.5 Å². The van der Waals surface area contributed by atoms with Crippen molar-refractivity contribution in [2.45, 2.75) is 12.5 Å². The predicted molar refractivity (Wildman–Crippen MR) is 102 cm³/mol. The van der Waals surface area contributed by atoms with E-state index in [4.69, 9.17) is 16.3 Å². The van der Waals surface area contributed by atoms with E-state index < -0.39 is 5.82 Å². The molecule has 6 heteroatoms. The lowest BCUT2D eigenvalue weighted by Gasteiger charge is -2.29. The van der Waals surface area contributed by atoms with Gasteiger partial charge in [-0.3, -0.25) is 4.79 Å². The molecule has 4 nitrogen and oxygen atoms in total. The van der Waals surface area contributed by atoms with Crippen LogP contribution < -0.4 is 10.1 Å². The van der Waals surface area contributed by atoms with E-state index in [9.17, 15) is 9.18 Å². The highest BCUT2D eigenvalue weighted by molar-refractivity contribution is 6.31. The first-order valence-corrected chi connectivity index (χ1v) is 9.52. The normalized spacial score (nSPS) is 24.1. The van der Waals surface area contributed by atoms with E-state index in [0.717, 1.165) is 30.9 Å². The fourth-order valence-electron chi connectivity index (χ4n) is 4.33. The van der Waals surface area contributed by atoms with Crippen LogP contribution in [0.25, 0.3) is 0 Å². The molecule has 142 valence electrons. The minimum Gasteiger partial charge on any atom is -0.497 e. The first-order chi connectivity index (χ1) is 13.1. The summed E-state index contributed by atoms with van der Waals surface area (Å²) < 4.78 is 18.5. The summed E-state index contributed by atoms with van der Waals surface area (Å²) in [5.41, 5.74) is 1.78. The van der Waals surface area contributed by atoms with Crippen LogP contribution in [0, 0.1) is 17.7 Å². The van der Waals surface area contributed by atoms with Gasteiger partial charge >= 0.3 is 0 Å². The van der Waals surface area contributed by atoms with Gasteiger partial charge in [-0.2, -0.15) is 0 Å². The lowest BCUT2D eigenvalue weighted by Crippen LogP contribution is -2.35. The average Bonchev–Trinajstić information content (AvgIpc) is 3.25. The molecule has 0 unspecified atom stereocenters. The second kappa shape index (κ2) is 7.49. The van der Waals surface area contributed by atoms with Gasteiger partial charge in [0.05, 0.1) is 19.6 Å². The highest BCUT2D eigenvalue weighted by Crippen LogP contribution is 2.43. The third-order valence-corrected chi connectivity index (χ3v) is 6.05. The molecule has 2 heterocycles. The molecular formula is C21H22ClFN2O2. The molecule has 2 fully saturated rings. The molecule has 0 spiro atoms. The van der Waals surface area contributed by atoms with Gasteiger partial charge in [-0.25, -0.2) is 4.39 Å². The zero-order chi connectivity index (χ0) is 19.0. The molecule has 27 heavy (non-hydrogen) atoms. The van der Waals surface area contributed by atoms with Gasteiger partial charge in [-0.15, -0.1) is 0 Å². The molecule has 0 aromatic heterocycles. The number of ether oxygens (including phenoxy) is 1. The number of halogens is 2. The van der Waals surface area contributed by atoms with Gasteiger partial charge < -0.3 is 15.0 Å². The number of hydrogen-bond acceptors (Lipinski definition) is 3. The van der Waals surface area contributed by atoms with Crippen molar-refractivity contribution in [2.24, 2.45) is 11.8 Å². The molecule has 0 bridgehead atoms. The maximum Gasteiger partial charge on any atom is 0.227 e. The fraction of sp³-hybridized carbons (Fsp3) is 0.381. The summed E-state index contributed by atoms with van der Waals surface area (Å²) in [6.07, 6.45) is 0.179. The van der Waals surface area contributed by atoms with Crippen LogP contribution in [0.3, 0.4) is 0 Å². The number of nitrogens with zero attached hydrogens (tertiary/aromatic N) is 1. The van der Waals surface area contributed by atoms with Gasteiger partial charge in [0.1, 0.15) is 11.6 Å². The maximum absolute atomic E-state index is 13.3. The lowest BCUT2D eigenvalue weighted by atomic mass is 9.89. The number of benzene rings is 2. The highest BCUT2D eigenvalue weighted by atomic mass is 35.5. The number of nitrogens with one attached hydrogen (secondary N) is 1. The monoisotopic (exact) mass is 388 g/mol. The van der Waals surface area contributed by atoms with Crippen LogP contribution in [-0.4, -0.2) is 37.6 Å². The van der Waals surface area contributed by atoms with Gasteiger partial charge in [-0.05, 0) is 41.3 Å². The van der Waals surface area contributed by atoms with Crippen LogP contribution in [-0.2, 0) is 11.2 Å². The second-order valence-corrected chi connectivity index (χ2v) is 7.67. The molecule has 2 saturated heterocycles. The largest absolute Gasteiger partial charge is 0.497 e. The number of hydrogen-bond donors (Lipinski definition) is 1. The Labute approximate surface area is 163 Å². The lowest BCUT2D eigenvalue weighted by molar-refractivity contribution is -0.131. The number of fused-ring (bicyclic) bond motifs is 1. The summed E-state index contributed by atoms with van der Waals surface area (Å²) in [6, 6.07) is 12.2. The Bertz CT molecular complexity index is 843. The third kappa shape index (κ3) is 3.54. The SMILES string of the molecule is COc1ccc([C@@H]2[C@H]3CNC[C@H]3CN2C(=O)Cc2ccc(F)cc2Cl)cc1. The predicted octanol–water partition coefficient (Wildman–Crippen LogP) is 3.45. The van der Waals surface area contributed by atoms with Crippen molar-refractivity contribution in [3.05, 3.63) is 64.4 Å². The van der Waals surface area contributed by atoms with Gasteiger partial charge in [0, 0.05) is 30.6 Å². The maximum atomic E-state index is 13.3. The minimum absolute atomic E-state index is 0.0266. The van der Waals surface area contributed by atoms with Gasteiger partial charge in [0.15, 0.2) is 0 Å². The first-order valence-electron chi connectivity index (χ1n) is 9.15. The quantitative estimate of drug-likeness (QED) is 0.872. The van der Waals surface area contributed by atoms with E-state index in [-0.39, 0.29) is 18.4 Å². The van der Waals surface area contributed by atoms with E-state index in [1.165, 1.54) is 12.1 Å². The molecule has 2 aromatic rings. The summed E-state index contributed by atoms with van der Waals surface area (Å²) in [4.78, 5) is 15.1. The van der Waals surface area contributed by atoms with Gasteiger partial charge in [-0.1, -0.05) is 29.8 Å². The Morgan fingerprint density at radius 2 is 2.04 bits per heavy atom. The highest BCUT2D eigenvalue weighted by Gasteiger charge is 2.46. The van der Waals surface area contributed by atoms with Crippen molar-refractivity contribution in [3.63, 3.8) is 0 Å². The van der Waals surface area contributed by atoms with Crippen LogP contribution in [0.2, 0.25) is 5.02 Å². The van der Waals surface area contributed by atoms with Crippen LogP contribution >= 0.6 is 11.6 Å². The van der Waals surface area contributed by atoms with E-state index in [1.54, 1.807) is 13.2 Å². The van der Waals surface area contributed by atoms with E-state index >= 15 is 0 Å². The number of carbonyl (C=O) groups is 1. The van der Waals surface area contributed by atoms with Crippen molar-refractivity contribution in [1.82, 2.24) is 10.2 Å². The van der Waals surface area contributed by atoms with Gasteiger partial charge in [0.2, 0.25) is 5.91 Å². The van der Waals surface area contributed by atoms with E-state index in [0.29, 0.717) is 22.4 Å². The number of amides is 1. The van der Waals surface area contributed by atoms with Crippen LogP contribution in [0.15, 0.2) is 42.5 Å². The number of rotatable bonds is 4. The molecule has 0 radical (unpaired) electrons. The molecule has 0 saturated carbocycles. The standard InChI is InChI=1S/C21H22ClFN2O2/c1-27-17-6-3-13(4-7-17)21-18-11-24-10-15(18)12-25(21)20(26)8-14-2-5-16(23)9-19(14)22/h2-7,9,15,18,21,24H,8,10-12H2,1H3/t15-,18-,21+/m0/s1. The molecule has 2 aliphatic rings. The molecule has 1 amide bonds. The summed E-state index contributed by atoms with van der Waals surface area (Å²) >= 11 is 6.13. The summed E-state index contributed by atoms with van der Waals surface area (Å²) in [7, 11) is 1.64. The molecule has 2 aromatic carbocycles. The summed E-state index contributed by atoms with van der Waals surface area (Å²) in [5.74, 6) is 1.28. The Morgan fingerprint density at radius 3 is 2.74 bits per heavy atom. The molecule has 2 aliphatic heterocycles. The summed E-state index contributed by atoms with van der Waals surface area (Å²) in [6.45, 7) is 2.56. The Hall–Kier alpha value is -2.11. The van der Waals surface area contributed by atoms with Gasteiger partial charge in [0.25, 0.3) is 0 Å². The second-order valence-electron chi connectivity index (χ2n) is 7.26. The molecule has 1 N–H and O–H groups in total. The molecule has 3 atom stereocenters. The molecular weight excluding hydrogens is 367 g/mol. The summed E-state index contributed by atoms with van der Waals surface area (Å²) in [5, 5.41) is 3.74. The van der Waals surface area contributed by atoms with Crippen LogP contribution in [0.5, 0.6) is 5.75 Å². The molecule has 0 aliphatic carbocycles. The number of likely N-dealkylation sites (tertiary alicyclic amines) is 1. The Balaban J connectivity index is 1.60. The van der Waals surface area contributed by atoms with Crippen LogP contribution in [0.1, 0.15) is 17.2 Å². The third-order valence-electron chi connectivity index (χ3n) is 5.70. The zero-order valence-electron chi connectivity index (χ0n) is 15.1. The Morgan fingerprint density at radius 1 is 1.26 bits per heavy atom. The van der Waals surface area contributed by atoms with Crippen molar-refractivity contribution in [1.29, 1.82) is 0 Å². The average molecular weight is 389 g/mol. The zero-order valence-corrected chi connectivity index (χ0v) is 15.9. The van der Waals surface area contributed by atoms with E-state index in [2.05, 4.69) is 5.32 Å². The number of methoxy groups -OCH3 is 1. The Kier molecular flexibility index (Phi) is 5.06. The molecule has 4 rings (SSSR count). The number of carbonyl (C=O) groups excluding carboxylic acids is 1. The topological polar surface area (TPSA) is 41.6 Å². The fourth-order valence-corrected chi connectivity index (χ4v) is 4.57. The van der Waals surface area contributed by atoms with Crippen molar-refractivity contribution in [3.8, 4) is 5.75 Å².